The predicted molar refractivity (Wildman–Crippen MR) is 129 cm³/mol. The SMILES string of the molecule is C=CCn1c(C)c(C)c2cc(C(=O)N3CCNCC3)cc(NCc3ccc(F)cc3Cl)c21. The molecule has 0 aliphatic carbocycles. The van der Waals surface area contributed by atoms with Gasteiger partial charge >= 0.3 is 0 Å². The summed E-state index contributed by atoms with van der Waals surface area (Å²) in [6.45, 7) is 12.1. The Labute approximate surface area is 192 Å². The van der Waals surface area contributed by atoms with Gasteiger partial charge < -0.3 is 20.1 Å². The lowest BCUT2D eigenvalue weighted by Crippen LogP contribution is -2.46. The molecule has 7 heteroatoms. The molecule has 1 aromatic heterocycles. The van der Waals surface area contributed by atoms with Crippen LogP contribution in [0, 0.1) is 19.7 Å². The highest BCUT2D eigenvalue weighted by Gasteiger charge is 2.22. The van der Waals surface area contributed by atoms with Crippen LogP contribution in [0.15, 0.2) is 43.0 Å². The van der Waals surface area contributed by atoms with Crippen molar-refractivity contribution in [2.75, 3.05) is 31.5 Å². The standard InChI is InChI=1S/C25H28ClFN4O/c1-4-9-31-17(3)16(2)21-12-19(25(32)30-10-7-28-8-11-30)13-23(24(21)31)29-15-18-5-6-20(27)14-22(18)26/h4-6,12-14,28-29H,1,7-11,15H2,2-3H3. The van der Waals surface area contributed by atoms with E-state index in [0.29, 0.717) is 36.8 Å². The average Bonchev–Trinajstić information content (AvgIpc) is 3.03. The van der Waals surface area contributed by atoms with Crippen LogP contribution in [0.25, 0.3) is 10.9 Å². The molecule has 32 heavy (non-hydrogen) atoms. The monoisotopic (exact) mass is 454 g/mol. The van der Waals surface area contributed by atoms with Gasteiger partial charge in [0.1, 0.15) is 5.82 Å². The molecule has 1 aliphatic rings. The van der Waals surface area contributed by atoms with Gasteiger partial charge in [0.2, 0.25) is 0 Å². The van der Waals surface area contributed by atoms with Crippen molar-refractivity contribution < 1.29 is 9.18 Å². The van der Waals surface area contributed by atoms with Gasteiger partial charge in [-0.3, -0.25) is 4.79 Å². The molecule has 0 radical (unpaired) electrons. The second-order valence-corrected chi connectivity index (χ2v) is 8.57. The molecule has 5 nitrogen and oxygen atoms in total. The second-order valence-electron chi connectivity index (χ2n) is 8.16. The van der Waals surface area contributed by atoms with E-state index in [1.165, 1.54) is 12.1 Å². The first-order valence-electron chi connectivity index (χ1n) is 10.8. The molecule has 3 aromatic rings. The van der Waals surface area contributed by atoms with Gasteiger partial charge in [0.25, 0.3) is 5.91 Å². The highest BCUT2D eigenvalue weighted by Crippen LogP contribution is 2.34. The quantitative estimate of drug-likeness (QED) is 0.521. The van der Waals surface area contributed by atoms with Gasteiger partial charge in [0, 0.05) is 60.9 Å². The summed E-state index contributed by atoms with van der Waals surface area (Å²) in [5, 5.41) is 8.15. The van der Waals surface area contributed by atoms with Gasteiger partial charge in [-0.15, -0.1) is 6.58 Å². The van der Waals surface area contributed by atoms with E-state index in [-0.39, 0.29) is 11.7 Å². The number of nitrogens with one attached hydrogen (secondary N) is 2. The average molecular weight is 455 g/mol. The van der Waals surface area contributed by atoms with Crippen LogP contribution < -0.4 is 10.6 Å². The molecule has 1 aliphatic heterocycles. The summed E-state index contributed by atoms with van der Waals surface area (Å²) in [5.41, 5.74) is 5.59. The topological polar surface area (TPSA) is 49.3 Å². The molecule has 0 atom stereocenters. The summed E-state index contributed by atoms with van der Waals surface area (Å²) >= 11 is 6.24. The molecular weight excluding hydrogens is 427 g/mol. The van der Waals surface area contributed by atoms with Crippen LogP contribution in [0.5, 0.6) is 0 Å². The van der Waals surface area contributed by atoms with Crippen molar-refractivity contribution in [3.63, 3.8) is 0 Å². The Kier molecular flexibility index (Phi) is 6.53. The Balaban J connectivity index is 1.78. The van der Waals surface area contributed by atoms with E-state index in [2.05, 4.69) is 35.6 Å². The number of anilines is 1. The Morgan fingerprint density at radius 1 is 1.25 bits per heavy atom. The van der Waals surface area contributed by atoms with Crippen molar-refractivity contribution >= 4 is 34.1 Å². The number of allylic oxidation sites excluding steroid dienone is 1. The number of benzene rings is 2. The zero-order chi connectivity index (χ0) is 22.8. The molecule has 1 amide bonds. The first-order chi connectivity index (χ1) is 15.4. The Morgan fingerprint density at radius 2 is 2.00 bits per heavy atom. The Bertz CT molecular complexity index is 1180. The number of hydrogen-bond acceptors (Lipinski definition) is 3. The van der Waals surface area contributed by atoms with Crippen LogP contribution in [0.2, 0.25) is 5.02 Å². The summed E-state index contributed by atoms with van der Waals surface area (Å²) in [6.07, 6.45) is 1.87. The third-order valence-corrected chi connectivity index (χ3v) is 6.53. The van der Waals surface area contributed by atoms with Crippen molar-refractivity contribution in [1.82, 2.24) is 14.8 Å². The number of aryl methyl sites for hydroxylation is 1. The largest absolute Gasteiger partial charge is 0.379 e. The molecule has 2 heterocycles. The van der Waals surface area contributed by atoms with Gasteiger partial charge in [-0.1, -0.05) is 23.7 Å². The maximum absolute atomic E-state index is 13.5. The fourth-order valence-corrected chi connectivity index (χ4v) is 4.53. The second kappa shape index (κ2) is 9.35. The number of hydrogen-bond donors (Lipinski definition) is 2. The maximum Gasteiger partial charge on any atom is 0.254 e. The van der Waals surface area contributed by atoms with Crippen LogP contribution >= 0.6 is 11.6 Å². The molecule has 2 aromatic carbocycles. The zero-order valence-corrected chi connectivity index (χ0v) is 19.2. The molecule has 0 unspecified atom stereocenters. The summed E-state index contributed by atoms with van der Waals surface area (Å²) < 4.78 is 15.7. The van der Waals surface area contributed by atoms with E-state index >= 15 is 0 Å². The molecule has 0 bridgehead atoms. The number of nitrogens with zero attached hydrogens (tertiary/aromatic N) is 2. The van der Waals surface area contributed by atoms with E-state index in [0.717, 1.165) is 46.5 Å². The summed E-state index contributed by atoms with van der Waals surface area (Å²) in [7, 11) is 0. The lowest BCUT2D eigenvalue weighted by atomic mass is 10.1. The number of rotatable bonds is 6. The normalized spacial score (nSPS) is 14.1. The Morgan fingerprint density at radius 3 is 2.69 bits per heavy atom. The van der Waals surface area contributed by atoms with Gasteiger partial charge in [0.05, 0.1) is 11.2 Å². The van der Waals surface area contributed by atoms with Crippen molar-refractivity contribution in [3.8, 4) is 0 Å². The van der Waals surface area contributed by atoms with Crippen molar-refractivity contribution in [2.45, 2.75) is 26.9 Å². The van der Waals surface area contributed by atoms with Crippen molar-refractivity contribution in [2.24, 2.45) is 0 Å². The predicted octanol–water partition coefficient (Wildman–Crippen LogP) is 4.89. The lowest BCUT2D eigenvalue weighted by Gasteiger charge is -2.27. The fraction of sp³-hybridized carbons (Fsp3) is 0.320. The molecule has 0 spiro atoms. The van der Waals surface area contributed by atoms with Gasteiger partial charge in [-0.25, -0.2) is 4.39 Å². The molecule has 1 saturated heterocycles. The third-order valence-electron chi connectivity index (χ3n) is 6.18. The first kappa shape index (κ1) is 22.4. The third kappa shape index (κ3) is 4.25. The van der Waals surface area contributed by atoms with E-state index < -0.39 is 0 Å². The van der Waals surface area contributed by atoms with Crippen molar-refractivity contribution in [1.29, 1.82) is 0 Å². The number of aromatic nitrogens is 1. The minimum atomic E-state index is -0.365. The highest BCUT2D eigenvalue weighted by molar-refractivity contribution is 6.31. The molecule has 1 fully saturated rings. The van der Waals surface area contributed by atoms with Gasteiger partial charge in [0.15, 0.2) is 0 Å². The van der Waals surface area contributed by atoms with Crippen LogP contribution in [0.1, 0.15) is 27.2 Å². The van der Waals surface area contributed by atoms with Crippen LogP contribution in [0.4, 0.5) is 10.1 Å². The van der Waals surface area contributed by atoms with Crippen molar-refractivity contribution in [3.05, 3.63) is 76.2 Å². The van der Waals surface area contributed by atoms with Crippen LogP contribution in [0.3, 0.4) is 0 Å². The Hall–Kier alpha value is -2.83. The summed E-state index contributed by atoms with van der Waals surface area (Å²) in [6, 6.07) is 8.31. The minimum Gasteiger partial charge on any atom is -0.379 e. The molecule has 168 valence electrons. The lowest BCUT2D eigenvalue weighted by molar-refractivity contribution is 0.0736. The number of fused-ring (bicyclic) bond motifs is 1. The van der Waals surface area contributed by atoms with E-state index in [1.807, 2.05) is 23.1 Å². The summed E-state index contributed by atoms with van der Waals surface area (Å²) in [5.74, 6) is -0.333. The molecule has 4 rings (SSSR count). The fourth-order valence-electron chi connectivity index (χ4n) is 4.30. The number of piperazine rings is 1. The van der Waals surface area contributed by atoms with Crippen LogP contribution in [-0.2, 0) is 13.1 Å². The molecular formula is C25H28ClFN4O. The molecule has 0 saturated carbocycles. The van der Waals surface area contributed by atoms with E-state index in [1.54, 1.807) is 6.07 Å². The number of carbonyl (C=O) groups is 1. The summed E-state index contributed by atoms with van der Waals surface area (Å²) in [4.78, 5) is 15.2. The van der Waals surface area contributed by atoms with Gasteiger partial charge in [-0.05, 0) is 49.2 Å². The van der Waals surface area contributed by atoms with Crippen LogP contribution in [-0.4, -0.2) is 41.6 Å². The van der Waals surface area contributed by atoms with Gasteiger partial charge in [-0.2, -0.15) is 0 Å². The maximum atomic E-state index is 13.5. The minimum absolute atomic E-state index is 0.0322. The number of halogens is 2. The first-order valence-corrected chi connectivity index (χ1v) is 11.2. The van der Waals surface area contributed by atoms with E-state index in [9.17, 15) is 9.18 Å². The molecule has 2 N–H and O–H groups in total. The number of amides is 1. The zero-order valence-electron chi connectivity index (χ0n) is 18.5. The van der Waals surface area contributed by atoms with E-state index in [4.69, 9.17) is 11.6 Å². The number of carbonyl (C=O) groups excluding carboxylic acids is 1. The highest BCUT2D eigenvalue weighted by atomic mass is 35.5. The smallest absolute Gasteiger partial charge is 0.254 e.